The van der Waals surface area contributed by atoms with Crippen LogP contribution in [0.25, 0.3) is 12.2 Å². The van der Waals surface area contributed by atoms with Gasteiger partial charge >= 0.3 is 0 Å². The Morgan fingerprint density at radius 1 is 0.864 bits per heavy atom. The highest BCUT2D eigenvalue weighted by Crippen LogP contribution is 2.07. The Labute approximate surface area is 126 Å². The number of hydrogen-bond acceptors (Lipinski definition) is 3. The lowest BCUT2D eigenvalue weighted by Gasteiger charge is -1.93. The molecule has 2 aromatic rings. The predicted octanol–water partition coefficient (Wildman–Crippen LogP) is 3.61. The van der Waals surface area contributed by atoms with Gasteiger partial charge in [0.2, 0.25) is 0 Å². The van der Waals surface area contributed by atoms with Crippen LogP contribution >= 0.6 is 0 Å². The number of carbonyl (C=O) groups is 1. The second-order valence-corrected chi connectivity index (χ2v) is 4.25. The van der Waals surface area contributed by atoms with Crippen molar-refractivity contribution in [3.8, 4) is 0 Å². The molecule has 0 fully saturated rings. The summed E-state index contributed by atoms with van der Waals surface area (Å²) in [6, 6.07) is 2.99. The second kappa shape index (κ2) is 7.73. The molecular formula is C17H12F2N2O. The number of halogens is 2. The van der Waals surface area contributed by atoms with Crippen LogP contribution in [-0.4, -0.2) is 15.8 Å². The van der Waals surface area contributed by atoms with Gasteiger partial charge in [-0.05, 0) is 30.4 Å². The van der Waals surface area contributed by atoms with Crippen LogP contribution in [-0.2, 0) is 4.79 Å². The number of pyridine rings is 2. The molecule has 0 bridgehead atoms. The lowest BCUT2D eigenvalue weighted by atomic mass is 10.2. The van der Waals surface area contributed by atoms with Gasteiger partial charge in [0.05, 0.1) is 12.4 Å². The lowest BCUT2D eigenvalue weighted by molar-refractivity contribution is -0.110. The van der Waals surface area contributed by atoms with E-state index in [1.807, 2.05) is 0 Å². The molecule has 0 aromatic carbocycles. The normalized spacial score (nSPS) is 11.7. The average Bonchev–Trinajstić information content (AvgIpc) is 2.52. The van der Waals surface area contributed by atoms with Crippen molar-refractivity contribution in [1.29, 1.82) is 0 Å². The molecule has 22 heavy (non-hydrogen) atoms. The van der Waals surface area contributed by atoms with E-state index < -0.39 is 11.6 Å². The quantitative estimate of drug-likeness (QED) is 0.625. The van der Waals surface area contributed by atoms with E-state index in [0.717, 1.165) is 12.4 Å². The summed E-state index contributed by atoms with van der Waals surface area (Å²) in [5.41, 5.74) is 0.660. The molecule has 0 spiro atoms. The van der Waals surface area contributed by atoms with E-state index in [4.69, 9.17) is 0 Å². The molecule has 3 nitrogen and oxygen atoms in total. The Hall–Kier alpha value is -2.95. The van der Waals surface area contributed by atoms with E-state index in [2.05, 4.69) is 9.97 Å². The smallest absolute Gasteiger partial charge is 0.178 e. The van der Waals surface area contributed by atoms with Crippen LogP contribution in [0.3, 0.4) is 0 Å². The minimum Gasteiger partial charge on any atom is -0.290 e. The monoisotopic (exact) mass is 298 g/mol. The number of hydrogen-bond donors (Lipinski definition) is 0. The fourth-order valence-electron chi connectivity index (χ4n) is 1.58. The van der Waals surface area contributed by atoms with Gasteiger partial charge in [0.25, 0.3) is 0 Å². The van der Waals surface area contributed by atoms with Crippen molar-refractivity contribution in [3.63, 3.8) is 0 Å². The van der Waals surface area contributed by atoms with Gasteiger partial charge in [-0.1, -0.05) is 18.2 Å². The summed E-state index contributed by atoms with van der Waals surface area (Å²) in [5.74, 6) is -1.24. The molecule has 0 unspecified atom stereocenters. The highest BCUT2D eigenvalue weighted by molar-refractivity contribution is 6.02. The average molecular weight is 298 g/mol. The minimum atomic E-state index is -0.497. The van der Waals surface area contributed by atoms with Crippen LogP contribution in [0.5, 0.6) is 0 Å². The van der Waals surface area contributed by atoms with Crippen molar-refractivity contribution < 1.29 is 13.6 Å². The summed E-state index contributed by atoms with van der Waals surface area (Å²) in [5, 5.41) is 0. The summed E-state index contributed by atoms with van der Waals surface area (Å²) in [6.45, 7) is 0. The Morgan fingerprint density at radius 2 is 1.45 bits per heavy atom. The SMILES string of the molecule is O=C(/C=C/C=C/c1ccncc1F)/C=C/c1ccncc1F. The molecular weight excluding hydrogens is 286 g/mol. The van der Waals surface area contributed by atoms with Gasteiger partial charge in [0, 0.05) is 23.5 Å². The fraction of sp³-hybridized carbons (Fsp3) is 0. The lowest BCUT2D eigenvalue weighted by Crippen LogP contribution is -1.87. The van der Waals surface area contributed by atoms with Gasteiger partial charge in [0.1, 0.15) is 11.6 Å². The molecule has 0 amide bonds. The van der Waals surface area contributed by atoms with Crippen molar-refractivity contribution in [3.05, 3.63) is 84.0 Å². The predicted molar refractivity (Wildman–Crippen MR) is 80.6 cm³/mol. The maximum atomic E-state index is 13.3. The molecule has 0 saturated heterocycles. The molecule has 0 aliphatic rings. The molecule has 0 radical (unpaired) electrons. The van der Waals surface area contributed by atoms with Gasteiger partial charge in [0.15, 0.2) is 5.78 Å². The first-order chi connectivity index (χ1) is 10.7. The van der Waals surface area contributed by atoms with E-state index in [1.165, 1.54) is 61.0 Å². The third kappa shape index (κ3) is 4.56. The van der Waals surface area contributed by atoms with Crippen molar-refractivity contribution in [1.82, 2.24) is 9.97 Å². The third-order valence-corrected chi connectivity index (χ3v) is 2.68. The molecule has 110 valence electrons. The number of nitrogens with zero attached hydrogens (tertiary/aromatic N) is 2. The Morgan fingerprint density at radius 3 is 2.05 bits per heavy atom. The maximum Gasteiger partial charge on any atom is 0.178 e. The molecule has 0 atom stereocenters. The van der Waals surface area contributed by atoms with E-state index in [0.29, 0.717) is 5.56 Å². The summed E-state index contributed by atoms with van der Waals surface area (Å²) in [6.07, 6.45) is 13.6. The first-order valence-corrected chi connectivity index (χ1v) is 6.42. The second-order valence-electron chi connectivity index (χ2n) is 4.25. The minimum absolute atomic E-state index is 0.283. The summed E-state index contributed by atoms with van der Waals surface area (Å²) in [7, 11) is 0. The van der Waals surface area contributed by atoms with Gasteiger partial charge < -0.3 is 0 Å². The highest BCUT2D eigenvalue weighted by atomic mass is 19.1. The van der Waals surface area contributed by atoms with Gasteiger partial charge in [-0.3, -0.25) is 14.8 Å². The number of ketones is 1. The zero-order chi connectivity index (χ0) is 15.8. The van der Waals surface area contributed by atoms with Crippen LogP contribution in [0.4, 0.5) is 8.78 Å². The number of rotatable bonds is 5. The van der Waals surface area contributed by atoms with E-state index in [-0.39, 0.29) is 11.3 Å². The Balaban J connectivity index is 1.95. The largest absolute Gasteiger partial charge is 0.290 e. The summed E-state index contributed by atoms with van der Waals surface area (Å²) in [4.78, 5) is 18.8. The van der Waals surface area contributed by atoms with Gasteiger partial charge in [-0.15, -0.1) is 0 Å². The topological polar surface area (TPSA) is 42.9 Å². The van der Waals surface area contributed by atoms with Crippen LogP contribution in [0.2, 0.25) is 0 Å². The van der Waals surface area contributed by atoms with Crippen LogP contribution in [0.15, 0.2) is 61.2 Å². The highest BCUT2D eigenvalue weighted by Gasteiger charge is 1.97. The number of allylic oxidation sites excluding steroid dienone is 4. The van der Waals surface area contributed by atoms with Gasteiger partial charge in [-0.25, -0.2) is 8.78 Å². The first kappa shape index (κ1) is 15.4. The molecule has 5 heteroatoms. The van der Waals surface area contributed by atoms with E-state index in [1.54, 1.807) is 0 Å². The van der Waals surface area contributed by atoms with Crippen LogP contribution in [0, 0.1) is 11.6 Å². The number of aromatic nitrogens is 2. The van der Waals surface area contributed by atoms with Crippen LogP contribution < -0.4 is 0 Å². The third-order valence-electron chi connectivity index (χ3n) is 2.68. The first-order valence-electron chi connectivity index (χ1n) is 6.42. The van der Waals surface area contributed by atoms with E-state index in [9.17, 15) is 13.6 Å². The molecule has 2 rings (SSSR count). The molecule has 2 heterocycles. The fourth-order valence-corrected chi connectivity index (χ4v) is 1.58. The Bertz CT molecular complexity index is 752. The van der Waals surface area contributed by atoms with Gasteiger partial charge in [-0.2, -0.15) is 0 Å². The molecule has 0 aliphatic carbocycles. The standard InChI is InChI=1S/C17H12F2N2O/c18-16-11-20-9-7-13(16)3-1-2-4-15(22)6-5-14-8-10-21-12-17(14)19/h1-12H/b3-1+,4-2+,6-5+. The number of carbonyl (C=O) groups excluding carboxylic acids is 1. The van der Waals surface area contributed by atoms with Crippen molar-refractivity contribution in [2.75, 3.05) is 0 Å². The van der Waals surface area contributed by atoms with Crippen molar-refractivity contribution in [2.24, 2.45) is 0 Å². The van der Waals surface area contributed by atoms with E-state index >= 15 is 0 Å². The summed E-state index contributed by atoms with van der Waals surface area (Å²) >= 11 is 0. The zero-order valence-corrected chi connectivity index (χ0v) is 11.5. The molecule has 0 saturated carbocycles. The molecule has 2 aromatic heterocycles. The summed E-state index contributed by atoms with van der Waals surface area (Å²) < 4.78 is 26.5. The molecule has 0 aliphatic heterocycles. The van der Waals surface area contributed by atoms with Crippen LogP contribution in [0.1, 0.15) is 11.1 Å². The maximum absolute atomic E-state index is 13.3. The molecule has 0 N–H and O–H groups in total. The zero-order valence-electron chi connectivity index (χ0n) is 11.5. The Kier molecular flexibility index (Phi) is 5.43. The van der Waals surface area contributed by atoms with Crippen molar-refractivity contribution in [2.45, 2.75) is 0 Å². The van der Waals surface area contributed by atoms with Crippen molar-refractivity contribution >= 4 is 17.9 Å².